The lowest BCUT2D eigenvalue weighted by atomic mass is 10.2. The van der Waals surface area contributed by atoms with E-state index in [1.54, 1.807) is 7.11 Å². The number of nitrogens with one attached hydrogen (secondary N) is 2. The van der Waals surface area contributed by atoms with Crippen LogP contribution < -0.4 is 15.0 Å². The molecule has 1 unspecified atom stereocenters. The van der Waals surface area contributed by atoms with Crippen LogP contribution in [0.4, 0.5) is 0 Å². The Morgan fingerprint density at radius 1 is 1.05 bits per heavy atom. The van der Waals surface area contributed by atoms with Gasteiger partial charge in [0.05, 0.1) is 14.2 Å². The Bertz CT molecular complexity index is 582. The molecule has 0 aliphatic carbocycles. The van der Waals surface area contributed by atoms with Crippen molar-refractivity contribution in [3.8, 4) is 5.75 Å². The molecule has 0 spiro atoms. The SMILES string of the molecule is COc1ccc(CNC(=O)C[NH+](C)Cc2ccccc2)cc1. The zero-order valence-electron chi connectivity index (χ0n) is 13.1. The zero-order chi connectivity index (χ0) is 15.8. The lowest BCUT2D eigenvalue weighted by Crippen LogP contribution is -3.08. The molecule has 0 bridgehead atoms. The number of quaternary nitrogens is 1. The summed E-state index contributed by atoms with van der Waals surface area (Å²) in [5.74, 6) is 0.881. The first-order valence-electron chi connectivity index (χ1n) is 7.42. The second-order valence-corrected chi connectivity index (χ2v) is 5.42. The second kappa shape index (κ2) is 8.20. The van der Waals surface area contributed by atoms with Crippen LogP contribution in [0.3, 0.4) is 0 Å². The number of hydrogen-bond acceptors (Lipinski definition) is 2. The Kier molecular flexibility index (Phi) is 5.98. The average Bonchev–Trinajstić information content (AvgIpc) is 2.54. The van der Waals surface area contributed by atoms with Crippen LogP contribution in [-0.2, 0) is 17.9 Å². The highest BCUT2D eigenvalue weighted by molar-refractivity contribution is 5.76. The van der Waals surface area contributed by atoms with E-state index in [0.717, 1.165) is 17.9 Å². The van der Waals surface area contributed by atoms with E-state index in [-0.39, 0.29) is 5.91 Å². The van der Waals surface area contributed by atoms with E-state index in [1.807, 2.05) is 49.5 Å². The quantitative estimate of drug-likeness (QED) is 0.802. The molecule has 0 heterocycles. The van der Waals surface area contributed by atoms with Gasteiger partial charge in [0.25, 0.3) is 5.91 Å². The molecule has 0 aromatic heterocycles. The van der Waals surface area contributed by atoms with E-state index in [9.17, 15) is 4.79 Å². The normalized spacial score (nSPS) is 11.7. The van der Waals surface area contributed by atoms with Gasteiger partial charge >= 0.3 is 0 Å². The predicted molar refractivity (Wildman–Crippen MR) is 86.7 cm³/mol. The minimum Gasteiger partial charge on any atom is -0.497 e. The van der Waals surface area contributed by atoms with Crippen LogP contribution in [-0.4, -0.2) is 26.6 Å². The molecule has 22 heavy (non-hydrogen) atoms. The van der Waals surface area contributed by atoms with E-state index < -0.39 is 0 Å². The molecule has 4 heteroatoms. The summed E-state index contributed by atoms with van der Waals surface area (Å²) in [6.07, 6.45) is 0. The number of hydrogen-bond donors (Lipinski definition) is 2. The number of rotatable bonds is 7. The molecule has 2 rings (SSSR count). The van der Waals surface area contributed by atoms with Crippen molar-refractivity contribution in [2.45, 2.75) is 13.1 Å². The first-order valence-corrected chi connectivity index (χ1v) is 7.42. The van der Waals surface area contributed by atoms with Gasteiger partial charge in [-0.15, -0.1) is 0 Å². The number of methoxy groups -OCH3 is 1. The topological polar surface area (TPSA) is 42.8 Å². The molecular formula is C18H23N2O2+. The molecule has 2 N–H and O–H groups in total. The molecule has 0 aliphatic rings. The van der Waals surface area contributed by atoms with Gasteiger partial charge in [-0.25, -0.2) is 0 Å². The van der Waals surface area contributed by atoms with Crippen molar-refractivity contribution < 1.29 is 14.4 Å². The fourth-order valence-corrected chi connectivity index (χ4v) is 2.29. The van der Waals surface area contributed by atoms with Gasteiger partial charge in [0.1, 0.15) is 12.3 Å². The monoisotopic (exact) mass is 299 g/mol. The summed E-state index contributed by atoms with van der Waals surface area (Å²) in [4.78, 5) is 13.1. The predicted octanol–water partition coefficient (Wildman–Crippen LogP) is 1.03. The van der Waals surface area contributed by atoms with Gasteiger partial charge in [-0.1, -0.05) is 42.5 Å². The number of benzene rings is 2. The van der Waals surface area contributed by atoms with Crippen molar-refractivity contribution in [2.24, 2.45) is 0 Å². The van der Waals surface area contributed by atoms with Crippen LogP contribution in [0.15, 0.2) is 54.6 Å². The number of amides is 1. The Morgan fingerprint density at radius 3 is 2.36 bits per heavy atom. The summed E-state index contributed by atoms with van der Waals surface area (Å²) in [6.45, 7) is 1.85. The van der Waals surface area contributed by atoms with Crippen molar-refractivity contribution in [3.05, 3.63) is 65.7 Å². The fraction of sp³-hybridized carbons (Fsp3) is 0.278. The Hall–Kier alpha value is -2.33. The van der Waals surface area contributed by atoms with Crippen LogP contribution in [0.5, 0.6) is 5.75 Å². The Labute approximate surface area is 131 Å². The van der Waals surface area contributed by atoms with Gasteiger partial charge in [0.2, 0.25) is 0 Å². The van der Waals surface area contributed by atoms with E-state index in [2.05, 4.69) is 17.4 Å². The van der Waals surface area contributed by atoms with Gasteiger partial charge in [-0.2, -0.15) is 0 Å². The summed E-state index contributed by atoms with van der Waals surface area (Å²) in [5.41, 5.74) is 2.30. The molecule has 116 valence electrons. The zero-order valence-corrected chi connectivity index (χ0v) is 13.1. The van der Waals surface area contributed by atoms with Crippen molar-refractivity contribution >= 4 is 5.91 Å². The highest BCUT2D eigenvalue weighted by atomic mass is 16.5. The van der Waals surface area contributed by atoms with E-state index in [4.69, 9.17) is 4.74 Å². The maximum atomic E-state index is 12.0. The second-order valence-electron chi connectivity index (χ2n) is 5.42. The maximum Gasteiger partial charge on any atom is 0.275 e. The summed E-state index contributed by atoms with van der Waals surface area (Å²) in [5, 5.41) is 2.95. The largest absolute Gasteiger partial charge is 0.497 e. The van der Waals surface area contributed by atoms with Crippen molar-refractivity contribution in [1.29, 1.82) is 0 Å². The molecule has 1 atom stereocenters. The highest BCUT2D eigenvalue weighted by Gasteiger charge is 2.10. The molecule has 4 nitrogen and oxygen atoms in total. The number of likely N-dealkylation sites (N-methyl/N-ethyl adjacent to an activating group) is 1. The van der Waals surface area contributed by atoms with E-state index >= 15 is 0 Å². The number of carbonyl (C=O) groups excluding carboxylic acids is 1. The number of carbonyl (C=O) groups is 1. The molecular weight excluding hydrogens is 276 g/mol. The van der Waals surface area contributed by atoms with Crippen molar-refractivity contribution in [1.82, 2.24) is 5.32 Å². The molecule has 0 saturated carbocycles. The highest BCUT2D eigenvalue weighted by Crippen LogP contribution is 2.10. The molecule has 0 fully saturated rings. The molecule has 0 aliphatic heterocycles. The third-order valence-corrected chi connectivity index (χ3v) is 3.46. The van der Waals surface area contributed by atoms with Crippen LogP contribution in [0.2, 0.25) is 0 Å². The van der Waals surface area contributed by atoms with E-state index in [0.29, 0.717) is 13.1 Å². The average molecular weight is 299 g/mol. The third kappa shape index (κ3) is 5.22. The minimum absolute atomic E-state index is 0.0595. The molecule has 0 radical (unpaired) electrons. The minimum atomic E-state index is 0.0595. The fourth-order valence-electron chi connectivity index (χ4n) is 2.29. The molecule has 0 saturated heterocycles. The number of ether oxygens (including phenoxy) is 1. The summed E-state index contributed by atoms with van der Waals surface area (Å²) in [6, 6.07) is 17.9. The van der Waals surface area contributed by atoms with Crippen molar-refractivity contribution in [2.75, 3.05) is 20.7 Å². The lowest BCUT2D eigenvalue weighted by Gasteiger charge is -2.14. The summed E-state index contributed by atoms with van der Waals surface area (Å²) < 4.78 is 5.11. The van der Waals surface area contributed by atoms with Crippen molar-refractivity contribution in [3.63, 3.8) is 0 Å². The lowest BCUT2D eigenvalue weighted by molar-refractivity contribution is -0.885. The molecule has 1 amide bonds. The van der Waals surface area contributed by atoms with Gasteiger partial charge in [-0.05, 0) is 17.7 Å². The van der Waals surface area contributed by atoms with Gasteiger partial charge < -0.3 is 15.0 Å². The Morgan fingerprint density at radius 2 is 1.73 bits per heavy atom. The van der Waals surface area contributed by atoms with Crippen LogP contribution in [0.25, 0.3) is 0 Å². The maximum absolute atomic E-state index is 12.0. The molecule has 2 aromatic rings. The summed E-state index contributed by atoms with van der Waals surface area (Å²) in [7, 11) is 3.67. The standard InChI is InChI=1S/C18H22N2O2/c1-20(13-16-6-4-3-5-7-16)14-18(21)19-12-15-8-10-17(22-2)11-9-15/h3-11H,12-14H2,1-2H3,(H,19,21)/p+1. The first kappa shape index (κ1) is 16.0. The summed E-state index contributed by atoms with van der Waals surface area (Å²) >= 11 is 0. The Balaban J connectivity index is 1.75. The van der Waals surface area contributed by atoms with Gasteiger partial charge in [-0.3, -0.25) is 4.79 Å². The van der Waals surface area contributed by atoms with Crippen LogP contribution >= 0.6 is 0 Å². The first-order chi connectivity index (χ1) is 10.7. The third-order valence-electron chi connectivity index (χ3n) is 3.46. The van der Waals surface area contributed by atoms with Gasteiger partial charge in [0.15, 0.2) is 6.54 Å². The van der Waals surface area contributed by atoms with E-state index in [1.165, 1.54) is 10.5 Å². The van der Waals surface area contributed by atoms with Crippen LogP contribution in [0, 0.1) is 0 Å². The molecule has 2 aromatic carbocycles. The smallest absolute Gasteiger partial charge is 0.275 e. The van der Waals surface area contributed by atoms with Gasteiger partial charge in [0, 0.05) is 12.1 Å². The van der Waals surface area contributed by atoms with Crippen LogP contribution in [0.1, 0.15) is 11.1 Å².